The molecule has 0 unspecified atom stereocenters. The number of carboxylic acid groups (broad SMARTS) is 1. The number of rotatable bonds is 4. The van der Waals surface area contributed by atoms with Crippen LogP contribution in [0.5, 0.6) is 0 Å². The number of amides is 3. The van der Waals surface area contributed by atoms with Gasteiger partial charge in [0.25, 0.3) is 11.8 Å². The average molecular weight is 454 g/mol. The van der Waals surface area contributed by atoms with Crippen LogP contribution in [-0.2, 0) is 19.2 Å². The van der Waals surface area contributed by atoms with E-state index >= 15 is 0 Å². The third-order valence-electron chi connectivity index (χ3n) is 4.66. The number of carboxylic acids is 1. The van der Waals surface area contributed by atoms with Crippen LogP contribution in [0, 0.1) is 0 Å². The number of hydrogen-bond acceptors (Lipinski definition) is 6. The number of thiocarbonyl (C=S) groups is 1. The molecule has 3 amide bonds. The van der Waals surface area contributed by atoms with E-state index in [2.05, 4.69) is 5.32 Å². The second-order valence-corrected chi connectivity index (χ2v) is 8.39. The first-order chi connectivity index (χ1) is 14.8. The molecule has 0 spiro atoms. The Bertz CT molecular complexity index is 1190. The topological polar surface area (TPSA) is 107 Å². The van der Waals surface area contributed by atoms with Crippen LogP contribution in [0.2, 0.25) is 0 Å². The maximum atomic E-state index is 13.3. The zero-order chi connectivity index (χ0) is 22.3. The summed E-state index contributed by atoms with van der Waals surface area (Å²) in [5.41, 5.74) is 2.15. The number of carbonyl (C=O) groups is 4. The summed E-state index contributed by atoms with van der Waals surface area (Å²) in [6.45, 7) is 0.885. The molecular weight excluding hydrogens is 438 g/mol. The Balaban J connectivity index is 1.73. The molecule has 0 aromatic heterocycles. The quantitative estimate of drug-likeness (QED) is 0.541. The number of thioether (sulfide) groups is 1. The Labute approximate surface area is 186 Å². The number of aliphatic carboxylic acids is 1. The summed E-state index contributed by atoms with van der Waals surface area (Å²) in [6.07, 6.45) is 0. The standard InChI is InChI=1S/C21H15N3O5S2/c1-11(25)22-12-6-8-13(9-7-12)24-20(29)18(31-21(24)30)17-14-4-2-3-5-15(14)23(19(17)28)10-16(26)27/h2-9H,10H2,1H3,(H,22,25)(H,26,27)/b18-17-. The van der Waals surface area contributed by atoms with Crippen LogP contribution in [0.3, 0.4) is 0 Å². The van der Waals surface area contributed by atoms with Crippen LogP contribution in [-0.4, -0.2) is 39.7 Å². The maximum Gasteiger partial charge on any atom is 0.323 e. The number of nitrogens with one attached hydrogen (secondary N) is 1. The number of carbonyl (C=O) groups excluding carboxylic acids is 3. The SMILES string of the molecule is CC(=O)Nc1ccc(N2C(=O)/C(=C3/C(=O)N(CC(=O)O)c4ccccc43)SC2=S)cc1. The van der Waals surface area contributed by atoms with Crippen molar-refractivity contribution in [2.24, 2.45) is 0 Å². The normalized spacial score (nSPS) is 17.9. The fourth-order valence-electron chi connectivity index (χ4n) is 3.43. The highest BCUT2D eigenvalue weighted by Crippen LogP contribution is 2.45. The first kappa shape index (κ1) is 20.8. The molecule has 2 aliphatic rings. The molecule has 156 valence electrons. The highest BCUT2D eigenvalue weighted by atomic mass is 32.2. The molecule has 8 nitrogen and oxygen atoms in total. The molecule has 31 heavy (non-hydrogen) atoms. The van der Waals surface area contributed by atoms with E-state index in [1.54, 1.807) is 48.5 Å². The van der Waals surface area contributed by atoms with Crippen LogP contribution in [0.25, 0.3) is 5.57 Å². The molecule has 4 rings (SSSR count). The molecule has 2 aromatic carbocycles. The van der Waals surface area contributed by atoms with E-state index in [-0.39, 0.29) is 20.7 Å². The second kappa shape index (κ2) is 7.97. The minimum atomic E-state index is -1.16. The van der Waals surface area contributed by atoms with Gasteiger partial charge in [-0.15, -0.1) is 0 Å². The van der Waals surface area contributed by atoms with Gasteiger partial charge in [0.15, 0.2) is 4.32 Å². The van der Waals surface area contributed by atoms with Crippen LogP contribution in [0.4, 0.5) is 17.1 Å². The van der Waals surface area contributed by atoms with E-state index in [9.17, 15) is 24.3 Å². The molecule has 2 aromatic rings. The molecule has 1 fully saturated rings. The molecule has 0 saturated carbocycles. The van der Waals surface area contributed by atoms with Gasteiger partial charge in [0.1, 0.15) is 6.54 Å². The van der Waals surface area contributed by atoms with Crippen molar-refractivity contribution in [3.8, 4) is 0 Å². The first-order valence-electron chi connectivity index (χ1n) is 9.09. The van der Waals surface area contributed by atoms with Crippen molar-refractivity contribution in [2.75, 3.05) is 21.7 Å². The van der Waals surface area contributed by atoms with E-state index in [0.29, 0.717) is 22.6 Å². The van der Waals surface area contributed by atoms with Gasteiger partial charge in [-0.05, 0) is 30.3 Å². The molecule has 2 heterocycles. The summed E-state index contributed by atoms with van der Waals surface area (Å²) in [5, 5.41) is 11.8. The molecular formula is C21H15N3O5S2. The number of nitrogens with zero attached hydrogens (tertiary/aromatic N) is 2. The molecule has 2 N–H and O–H groups in total. The number of anilines is 3. The third kappa shape index (κ3) is 3.71. The third-order valence-corrected chi connectivity index (χ3v) is 6.03. The predicted octanol–water partition coefficient (Wildman–Crippen LogP) is 2.85. The fourth-order valence-corrected chi connectivity index (χ4v) is 4.80. The van der Waals surface area contributed by atoms with E-state index < -0.39 is 24.3 Å². The van der Waals surface area contributed by atoms with Gasteiger partial charge >= 0.3 is 5.97 Å². The molecule has 10 heteroatoms. The smallest absolute Gasteiger partial charge is 0.323 e. The zero-order valence-electron chi connectivity index (χ0n) is 16.1. The van der Waals surface area contributed by atoms with Gasteiger partial charge in [-0.2, -0.15) is 0 Å². The molecule has 2 aliphatic heterocycles. The van der Waals surface area contributed by atoms with Gasteiger partial charge in [-0.3, -0.25) is 29.0 Å². The molecule has 0 radical (unpaired) electrons. The number of fused-ring (bicyclic) bond motifs is 1. The Morgan fingerprint density at radius 1 is 1.06 bits per heavy atom. The van der Waals surface area contributed by atoms with Gasteiger partial charge < -0.3 is 10.4 Å². The zero-order valence-corrected chi connectivity index (χ0v) is 17.8. The first-order valence-corrected chi connectivity index (χ1v) is 10.3. The lowest BCUT2D eigenvalue weighted by Gasteiger charge is -2.15. The van der Waals surface area contributed by atoms with Crippen LogP contribution in [0.15, 0.2) is 53.4 Å². The van der Waals surface area contributed by atoms with E-state index in [0.717, 1.165) is 16.7 Å². The van der Waals surface area contributed by atoms with E-state index in [1.807, 2.05) is 0 Å². The molecule has 0 aliphatic carbocycles. The highest BCUT2D eigenvalue weighted by molar-refractivity contribution is 8.27. The van der Waals surface area contributed by atoms with Gasteiger partial charge in [0.2, 0.25) is 5.91 Å². The number of benzene rings is 2. The van der Waals surface area contributed by atoms with E-state index in [1.165, 1.54) is 11.8 Å². The Morgan fingerprint density at radius 2 is 1.74 bits per heavy atom. The lowest BCUT2D eigenvalue weighted by atomic mass is 10.1. The lowest BCUT2D eigenvalue weighted by Crippen LogP contribution is -2.32. The van der Waals surface area contributed by atoms with Crippen molar-refractivity contribution in [3.63, 3.8) is 0 Å². The van der Waals surface area contributed by atoms with Gasteiger partial charge in [0.05, 0.1) is 21.9 Å². The minimum Gasteiger partial charge on any atom is -0.480 e. The maximum absolute atomic E-state index is 13.3. The van der Waals surface area contributed by atoms with Crippen molar-refractivity contribution in [3.05, 3.63) is 59.0 Å². The van der Waals surface area contributed by atoms with Gasteiger partial charge in [-0.1, -0.05) is 42.2 Å². The van der Waals surface area contributed by atoms with Crippen LogP contribution in [0.1, 0.15) is 12.5 Å². The van der Waals surface area contributed by atoms with Crippen molar-refractivity contribution in [2.45, 2.75) is 6.92 Å². The van der Waals surface area contributed by atoms with Crippen molar-refractivity contribution in [1.29, 1.82) is 0 Å². The van der Waals surface area contributed by atoms with Crippen LogP contribution >= 0.6 is 24.0 Å². The van der Waals surface area contributed by atoms with E-state index in [4.69, 9.17) is 12.2 Å². The van der Waals surface area contributed by atoms with Crippen molar-refractivity contribution < 1.29 is 24.3 Å². The second-order valence-electron chi connectivity index (χ2n) is 6.74. The minimum absolute atomic E-state index is 0.145. The Morgan fingerprint density at radius 3 is 2.39 bits per heavy atom. The largest absolute Gasteiger partial charge is 0.480 e. The number of para-hydroxylation sites is 1. The predicted molar refractivity (Wildman–Crippen MR) is 122 cm³/mol. The summed E-state index contributed by atoms with van der Waals surface area (Å²) in [7, 11) is 0. The summed E-state index contributed by atoms with van der Waals surface area (Å²) in [6, 6.07) is 13.3. The fraction of sp³-hybridized carbons (Fsp3) is 0.0952. The molecule has 0 atom stereocenters. The molecule has 1 saturated heterocycles. The average Bonchev–Trinajstić information content (AvgIpc) is 3.15. The molecule has 0 bridgehead atoms. The monoisotopic (exact) mass is 453 g/mol. The van der Waals surface area contributed by atoms with Gasteiger partial charge in [-0.25, -0.2) is 0 Å². The van der Waals surface area contributed by atoms with Gasteiger partial charge in [0, 0.05) is 18.2 Å². The number of hydrogen-bond donors (Lipinski definition) is 2. The van der Waals surface area contributed by atoms with Crippen LogP contribution < -0.4 is 15.1 Å². The Kier molecular flexibility index (Phi) is 5.34. The lowest BCUT2D eigenvalue weighted by molar-refractivity contribution is -0.136. The highest BCUT2D eigenvalue weighted by Gasteiger charge is 2.42. The van der Waals surface area contributed by atoms with Crippen molar-refractivity contribution in [1.82, 2.24) is 0 Å². The summed E-state index contributed by atoms with van der Waals surface area (Å²) in [5.74, 6) is -2.38. The Hall–Kier alpha value is -3.50. The summed E-state index contributed by atoms with van der Waals surface area (Å²) >= 11 is 6.40. The summed E-state index contributed by atoms with van der Waals surface area (Å²) < 4.78 is 0.252. The van der Waals surface area contributed by atoms with Crippen molar-refractivity contribution >= 4 is 74.6 Å². The summed E-state index contributed by atoms with van der Waals surface area (Å²) in [4.78, 5) is 51.4.